The summed E-state index contributed by atoms with van der Waals surface area (Å²) in [5, 5.41) is 7.57. The maximum absolute atomic E-state index is 13.6. The van der Waals surface area contributed by atoms with Gasteiger partial charge >= 0.3 is 0 Å². The number of hydrogen-bond acceptors (Lipinski definition) is 2. The Balaban J connectivity index is 2.73. The highest BCUT2D eigenvalue weighted by Gasteiger charge is 2.11. The SMILES string of the molecule is CC/C=C\C(=C(/C)c1ccc(F)c(C)c1)c1cc(C=N)c(N)cc1C. The molecule has 0 fully saturated rings. The molecule has 25 heavy (non-hydrogen) atoms. The molecule has 2 aromatic rings. The van der Waals surface area contributed by atoms with Crippen LogP contribution in [-0.2, 0) is 0 Å². The van der Waals surface area contributed by atoms with Gasteiger partial charge in [0, 0.05) is 17.5 Å². The van der Waals surface area contributed by atoms with E-state index in [4.69, 9.17) is 11.1 Å². The lowest BCUT2D eigenvalue weighted by molar-refractivity contribution is 0.618. The van der Waals surface area contributed by atoms with Crippen molar-refractivity contribution in [3.63, 3.8) is 0 Å². The first-order valence-electron chi connectivity index (χ1n) is 8.44. The Kier molecular flexibility index (Phi) is 5.92. The van der Waals surface area contributed by atoms with Crippen molar-refractivity contribution in [3.05, 3.63) is 76.1 Å². The first-order chi connectivity index (χ1) is 11.9. The van der Waals surface area contributed by atoms with Crippen molar-refractivity contribution in [3.8, 4) is 0 Å². The fourth-order valence-corrected chi connectivity index (χ4v) is 2.85. The van der Waals surface area contributed by atoms with Crippen LogP contribution in [-0.4, -0.2) is 6.21 Å². The van der Waals surface area contributed by atoms with Crippen LogP contribution in [0.1, 0.15) is 48.1 Å². The van der Waals surface area contributed by atoms with Crippen molar-refractivity contribution in [1.82, 2.24) is 0 Å². The number of nitrogens with two attached hydrogens (primary N) is 1. The summed E-state index contributed by atoms with van der Waals surface area (Å²) in [6.07, 6.45) is 6.40. The van der Waals surface area contributed by atoms with Gasteiger partial charge in [0.15, 0.2) is 0 Å². The minimum absolute atomic E-state index is 0.197. The summed E-state index contributed by atoms with van der Waals surface area (Å²) in [5.74, 6) is -0.197. The third-order valence-corrected chi connectivity index (χ3v) is 4.39. The molecule has 0 amide bonds. The molecule has 0 spiro atoms. The van der Waals surface area contributed by atoms with Crippen molar-refractivity contribution < 1.29 is 4.39 Å². The molecule has 2 nitrogen and oxygen atoms in total. The van der Waals surface area contributed by atoms with E-state index in [2.05, 4.69) is 19.1 Å². The molecule has 0 aliphatic carbocycles. The zero-order valence-corrected chi connectivity index (χ0v) is 15.3. The molecular weight excluding hydrogens is 311 g/mol. The smallest absolute Gasteiger partial charge is 0.126 e. The summed E-state index contributed by atoms with van der Waals surface area (Å²) in [7, 11) is 0. The van der Waals surface area contributed by atoms with Gasteiger partial charge in [-0.05, 0) is 84.9 Å². The van der Waals surface area contributed by atoms with Gasteiger partial charge in [0.05, 0.1) is 0 Å². The number of benzene rings is 2. The molecule has 130 valence electrons. The zero-order chi connectivity index (χ0) is 18.6. The minimum Gasteiger partial charge on any atom is -0.398 e. The molecule has 0 bridgehead atoms. The Morgan fingerprint density at radius 3 is 2.48 bits per heavy atom. The van der Waals surface area contributed by atoms with Gasteiger partial charge in [0.2, 0.25) is 0 Å². The maximum atomic E-state index is 13.6. The van der Waals surface area contributed by atoms with Crippen LogP contribution >= 0.6 is 0 Å². The van der Waals surface area contributed by atoms with Crippen molar-refractivity contribution in [1.29, 1.82) is 5.41 Å². The van der Waals surface area contributed by atoms with Gasteiger partial charge in [0.1, 0.15) is 5.82 Å². The number of halogens is 1. The lowest BCUT2D eigenvalue weighted by Gasteiger charge is -2.15. The fraction of sp³-hybridized carbons (Fsp3) is 0.227. The Morgan fingerprint density at radius 1 is 1.16 bits per heavy atom. The average Bonchev–Trinajstić information content (AvgIpc) is 2.58. The molecule has 0 aliphatic rings. The Hall–Kier alpha value is -2.68. The minimum atomic E-state index is -0.197. The molecule has 3 N–H and O–H groups in total. The first-order valence-corrected chi connectivity index (χ1v) is 8.44. The second-order valence-electron chi connectivity index (χ2n) is 6.25. The van der Waals surface area contributed by atoms with E-state index in [0.29, 0.717) is 16.8 Å². The van der Waals surface area contributed by atoms with Gasteiger partial charge in [-0.2, -0.15) is 0 Å². The molecule has 2 rings (SSSR count). The van der Waals surface area contributed by atoms with Gasteiger partial charge in [-0.15, -0.1) is 0 Å². The number of allylic oxidation sites excluding steroid dienone is 4. The summed E-state index contributed by atoms with van der Waals surface area (Å²) >= 11 is 0. The van der Waals surface area contributed by atoms with Crippen LogP contribution in [0, 0.1) is 25.1 Å². The second kappa shape index (κ2) is 7.93. The monoisotopic (exact) mass is 336 g/mol. The van der Waals surface area contributed by atoms with E-state index in [1.54, 1.807) is 6.92 Å². The van der Waals surface area contributed by atoms with Crippen molar-refractivity contribution >= 4 is 23.0 Å². The van der Waals surface area contributed by atoms with E-state index >= 15 is 0 Å². The van der Waals surface area contributed by atoms with Gasteiger partial charge < -0.3 is 11.1 Å². The van der Waals surface area contributed by atoms with Crippen LogP contribution in [0.25, 0.3) is 11.1 Å². The summed E-state index contributed by atoms with van der Waals surface area (Å²) in [6.45, 7) is 7.92. The molecule has 0 unspecified atom stereocenters. The van der Waals surface area contributed by atoms with E-state index in [1.807, 2.05) is 38.1 Å². The molecule has 0 saturated heterocycles. The normalized spacial score (nSPS) is 12.4. The number of aryl methyl sites for hydroxylation is 2. The highest BCUT2D eigenvalue weighted by molar-refractivity contribution is 5.98. The first kappa shape index (κ1) is 18.7. The maximum Gasteiger partial charge on any atom is 0.126 e. The second-order valence-corrected chi connectivity index (χ2v) is 6.25. The van der Waals surface area contributed by atoms with Gasteiger partial charge in [-0.3, -0.25) is 0 Å². The van der Waals surface area contributed by atoms with Crippen LogP contribution in [0.3, 0.4) is 0 Å². The van der Waals surface area contributed by atoms with Crippen molar-refractivity contribution in [2.45, 2.75) is 34.1 Å². The molecular formula is C22H25FN2. The molecule has 0 saturated carbocycles. The predicted molar refractivity (Wildman–Crippen MR) is 107 cm³/mol. The van der Waals surface area contributed by atoms with Crippen molar-refractivity contribution in [2.24, 2.45) is 0 Å². The molecule has 0 atom stereocenters. The highest BCUT2D eigenvalue weighted by atomic mass is 19.1. The van der Waals surface area contributed by atoms with E-state index in [0.717, 1.165) is 34.3 Å². The van der Waals surface area contributed by atoms with Crippen LogP contribution in [0.4, 0.5) is 10.1 Å². The van der Waals surface area contributed by atoms with E-state index in [9.17, 15) is 4.39 Å². The van der Waals surface area contributed by atoms with E-state index in [-0.39, 0.29) is 5.82 Å². The van der Waals surface area contributed by atoms with Crippen molar-refractivity contribution in [2.75, 3.05) is 5.73 Å². The summed E-state index contributed by atoms with van der Waals surface area (Å²) in [4.78, 5) is 0. The fourth-order valence-electron chi connectivity index (χ4n) is 2.85. The molecule has 0 radical (unpaired) electrons. The Morgan fingerprint density at radius 2 is 1.88 bits per heavy atom. The predicted octanol–water partition coefficient (Wildman–Crippen LogP) is 5.92. The van der Waals surface area contributed by atoms with E-state index < -0.39 is 0 Å². The molecule has 0 aliphatic heterocycles. The molecule has 0 heterocycles. The van der Waals surface area contributed by atoms with Crippen LogP contribution in [0.2, 0.25) is 0 Å². The lowest BCUT2D eigenvalue weighted by Crippen LogP contribution is -1.99. The largest absolute Gasteiger partial charge is 0.398 e. The summed E-state index contributed by atoms with van der Waals surface area (Å²) in [5.41, 5.74) is 13.1. The van der Waals surface area contributed by atoms with Crippen LogP contribution in [0.5, 0.6) is 0 Å². The molecule has 2 aromatic carbocycles. The standard InChI is InChI=1S/C22H25FN2/c1-5-6-7-19(16(4)17-8-9-21(23)15(3)10-17)20-12-18(13-24)22(25)11-14(20)2/h6-13,24H,5,25H2,1-4H3/b7-6-,19-16-,24-13?. The van der Waals surface area contributed by atoms with Gasteiger partial charge in [-0.25, -0.2) is 4.39 Å². The quantitative estimate of drug-likeness (QED) is 0.303. The summed E-state index contributed by atoms with van der Waals surface area (Å²) < 4.78 is 13.6. The topological polar surface area (TPSA) is 49.9 Å². The Bertz CT molecular complexity index is 861. The number of anilines is 1. The third-order valence-electron chi connectivity index (χ3n) is 4.39. The Labute approximate surface area is 149 Å². The zero-order valence-electron chi connectivity index (χ0n) is 15.3. The molecule has 3 heteroatoms. The summed E-state index contributed by atoms with van der Waals surface area (Å²) in [6, 6.07) is 9.04. The number of nitrogens with one attached hydrogen (secondary N) is 1. The number of nitrogen functional groups attached to an aromatic ring is 1. The number of hydrogen-bond donors (Lipinski definition) is 2. The lowest BCUT2D eigenvalue weighted by atomic mass is 9.90. The number of rotatable bonds is 5. The van der Waals surface area contributed by atoms with Gasteiger partial charge in [0.25, 0.3) is 0 Å². The van der Waals surface area contributed by atoms with Crippen LogP contribution in [0.15, 0.2) is 42.5 Å². The highest BCUT2D eigenvalue weighted by Crippen LogP contribution is 2.32. The third kappa shape index (κ3) is 4.05. The average molecular weight is 336 g/mol. The van der Waals surface area contributed by atoms with Gasteiger partial charge in [-0.1, -0.05) is 25.1 Å². The molecule has 0 aromatic heterocycles. The van der Waals surface area contributed by atoms with Crippen LogP contribution < -0.4 is 5.73 Å². The van der Waals surface area contributed by atoms with E-state index in [1.165, 1.54) is 12.3 Å².